The van der Waals surface area contributed by atoms with Gasteiger partial charge in [-0.05, 0) is 23.3 Å². The first-order valence-corrected chi connectivity index (χ1v) is 8.84. The molecule has 0 unspecified atom stereocenters. The summed E-state index contributed by atoms with van der Waals surface area (Å²) in [6.07, 6.45) is 0.979. The third-order valence-corrected chi connectivity index (χ3v) is 2.55. The van der Waals surface area contributed by atoms with Crippen LogP contribution in [0.3, 0.4) is 0 Å². The van der Waals surface area contributed by atoms with Crippen LogP contribution in [0.25, 0.3) is 0 Å². The van der Waals surface area contributed by atoms with E-state index in [9.17, 15) is 0 Å². The van der Waals surface area contributed by atoms with Gasteiger partial charge in [0.2, 0.25) is 0 Å². The van der Waals surface area contributed by atoms with Gasteiger partial charge in [0.1, 0.15) is 11.5 Å². The largest absolute Gasteiger partial charge is 0.457 e. The summed E-state index contributed by atoms with van der Waals surface area (Å²) in [6, 6.07) is 16.4. The number of ether oxygens (including phenoxy) is 1. The summed E-state index contributed by atoms with van der Waals surface area (Å²) in [5.41, 5.74) is 2.54. The van der Waals surface area contributed by atoms with Gasteiger partial charge in [-0.3, -0.25) is 0 Å². The van der Waals surface area contributed by atoms with Gasteiger partial charge in [0, 0.05) is 6.42 Å². The Morgan fingerprint density at radius 3 is 1.63 bits per heavy atom. The zero-order chi connectivity index (χ0) is 13.9. The number of fused-ring (bicyclic) bond motifs is 2. The van der Waals surface area contributed by atoms with Gasteiger partial charge in [0.05, 0.1) is 0 Å². The van der Waals surface area contributed by atoms with Crippen molar-refractivity contribution in [2.24, 2.45) is 0 Å². The molecular formula is C13H13AsO5. The van der Waals surface area contributed by atoms with E-state index in [-0.39, 0.29) is 0 Å². The Morgan fingerprint density at radius 2 is 1.21 bits per heavy atom. The second kappa shape index (κ2) is 5.63. The van der Waals surface area contributed by atoms with Crippen molar-refractivity contribution in [3.63, 3.8) is 0 Å². The van der Waals surface area contributed by atoms with Gasteiger partial charge in [0.15, 0.2) is 0 Å². The Kier molecular flexibility index (Phi) is 4.12. The molecule has 2 aromatic carbocycles. The Bertz CT molecular complexity index is 524. The van der Waals surface area contributed by atoms with E-state index in [0.29, 0.717) is 0 Å². The molecule has 0 aromatic heterocycles. The molecule has 5 nitrogen and oxygen atoms in total. The molecule has 6 heteroatoms. The summed E-state index contributed by atoms with van der Waals surface area (Å²) in [4.78, 5) is 0. The summed E-state index contributed by atoms with van der Waals surface area (Å²) in [6.45, 7) is 0. The van der Waals surface area contributed by atoms with Crippen LogP contribution in [0.2, 0.25) is 0 Å². The van der Waals surface area contributed by atoms with Crippen LogP contribution in [-0.4, -0.2) is 26.8 Å². The van der Waals surface area contributed by atoms with Crippen molar-refractivity contribution < 1.29 is 20.8 Å². The summed E-state index contributed by atoms with van der Waals surface area (Å²) >= 11 is -5.12. The maximum atomic E-state index is 8.94. The van der Waals surface area contributed by atoms with Gasteiger partial charge in [0.25, 0.3) is 0 Å². The van der Waals surface area contributed by atoms with Gasteiger partial charge in [-0.25, -0.2) is 0 Å². The second-order valence-corrected chi connectivity index (χ2v) is 6.16. The molecule has 0 amide bonds. The number of rotatable bonds is 0. The SMILES string of the molecule is O=[As](O)(O)O.c1ccc2c(c1)Cc1ccccc1O2. The molecule has 0 saturated heterocycles. The summed E-state index contributed by atoms with van der Waals surface area (Å²) in [5.74, 6) is 1.98. The molecule has 0 spiro atoms. The van der Waals surface area contributed by atoms with Crippen molar-refractivity contribution >= 4 is 14.5 Å². The molecule has 0 saturated carbocycles. The van der Waals surface area contributed by atoms with Gasteiger partial charge >= 0.3 is 30.5 Å². The van der Waals surface area contributed by atoms with Gasteiger partial charge in [-0.2, -0.15) is 0 Å². The van der Waals surface area contributed by atoms with Crippen LogP contribution in [-0.2, 0) is 10.2 Å². The van der Waals surface area contributed by atoms with Gasteiger partial charge in [-0.1, -0.05) is 36.4 Å². The van der Waals surface area contributed by atoms with Gasteiger partial charge < -0.3 is 4.74 Å². The summed E-state index contributed by atoms with van der Waals surface area (Å²) < 4.78 is 36.5. The second-order valence-electron chi connectivity index (χ2n) is 4.01. The van der Waals surface area contributed by atoms with Crippen molar-refractivity contribution in [2.45, 2.75) is 6.42 Å². The minimum absolute atomic E-state index is 0.979. The molecule has 0 bridgehead atoms. The van der Waals surface area contributed by atoms with Crippen LogP contribution >= 0.6 is 0 Å². The molecule has 100 valence electrons. The van der Waals surface area contributed by atoms with Crippen molar-refractivity contribution in [1.29, 1.82) is 0 Å². The molecule has 1 aliphatic rings. The van der Waals surface area contributed by atoms with Crippen LogP contribution in [0, 0.1) is 0 Å². The van der Waals surface area contributed by atoms with Crippen LogP contribution in [0.15, 0.2) is 48.5 Å². The van der Waals surface area contributed by atoms with Crippen molar-refractivity contribution in [1.82, 2.24) is 0 Å². The molecular weight excluding hydrogens is 311 g/mol. The number of hydrogen-bond acceptors (Lipinski definition) is 2. The molecule has 2 aromatic rings. The summed E-state index contributed by atoms with van der Waals surface area (Å²) in [5, 5.41) is 0. The number of para-hydroxylation sites is 2. The maximum absolute atomic E-state index is 8.94. The molecule has 0 aliphatic carbocycles. The molecule has 1 heterocycles. The topological polar surface area (TPSA) is 87.0 Å². The third-order valence-electron chi connectivity index (χ3n) is 2.55. The molecule has 0 atom stereocenters. The van der Waals surface area contributed by atoms with E-state index in [1.165, 1.54) is 11.1 Å². The fraction of sp³-hybridized carbons (Fsp3) is 0.0769. The smallest absolute Gasteiger partial charge is 0.130 e. The van der Waals surface area contributed by atoms with E-state index in [4.69, 9.17) is 20.8 Å². The fourth-order valence-electron chi connectivity index (χ4n) is 1.82. The zero-order valence-corrected chi connectivity index (χ0v) is 11.8. The average Bonchev–Trinajstić information content (AvgIpc) is 2.34. The van der Waals surface area contributed by atoms with E-state index in [1.807, 2.05) is 24.3 Å². The molecule has 0 fully saturated rings. The van der Waals surface area contributed by atoms with E-state index in [2.05, 4.69) is 24.3 Å². The molecule has 3 N–H and O–H groups in total. The fourth-order valence-corrected chi connectivity index (χ4v) is 1.82. The quantitative estimate of drug-likeness (QED) is 0.541. The van der Waals surface area contributed by atoms with Crippen molar-refractivity contribution in [3.05, 3.63) is 59.7 Å². The van der Waals surface area contributed by atoms with E-state index >= 15 is 0 Å². The van der Waals surface area contributed by atoms with Crippen LogP contribution in [0.1, 0.15) is 11.1 Å². The first kappa shape index (κ1) is 13.9. The van der Waals surface area contributed by atoms with Crippen LogP contribution in [0.4, 0.5) is 0 Å². The normalized spacial score (nSPS) is 12.4. The Morgan fingerprint density at radius 1 is 0.842 bits per heavy atom. The first-order chi connectivity index (χ1) is 8.93. The van der Waals surface area contributed by atoms with Crippen molar-refractivity contribution in [2.75, 3.05) is 0 Å². The minimum atomic E-state index is -5.12. The molecule has 1 aliphatic heterocycles. The maximum Gasteiger partial charge on any atom is 0.130 e. The predicted octanol–water partition coefficient (Wildman–Crippen LogP) is 1.21. The predicted molar refractivity (Wildman–Crippen MR) is 68.9 cm³/mol. The molecule has 3 rings (SSSR count). The Labute approximate surface area is 113 Å². The molecule has 19 heavy (non-hydrogen) atoms. The monoisotopic (exact) mass is 324 g/mol. The summed E-state index contributed by atoms with van der Waals surface area (Å²) in [7, 11) is 0. The van der Waals surface area contributed by atoms with E-state index in [0.717, 1.165) is 17.9 Å². The number of benzene rings is 2. The average molecular weight is 324 g/mol. The Hall–Kier alpha value is -1.52. The first-order valence-electron chi connectivity index (χ1n) is 5.55. The number of hydrogen-bond donors (Lipinski definition) is 3. The van der Waals surface area contributed by atoms with E-state index in [1.54, 1.807) is 0 Å². The van der Waals surface area contributed by atoms with Crippen LogP contribution < -0.4 is 4.74 Å². The zero-order valence-electron chi connectivity index (χ0n) is 9.93. The van der Waals surface area contributed by atoms with E-state index < -0.39 is 14.5 Å². The van der Waals surface area contributed by atoms with Gasteiger partial charge in [-0.15, -0.1) is 0 Å². The minimum Gasteiger partial charge on any atom is -0.457 e. The standard InChI is InChI=1S/C13H10O.AsH3O4/c1-3-7-12-10(5-1)9-11-6-2-4-8-13(11)14-12;2-1(3,4)5/h1-8H,9H2;(H3,2,3,4,5). The third kappa shape index (κ3) is 4.26. The van der Waals surface area contributed by atoms with Crippen LogP contribution in [0.5, 0.6) is 11.5 Å². The molecule has 0 radical (unpaired) electrons. The Balaban J connectivity index is 0.000000232. The van der Waals surface area contributed by atoms with Crippen molar-refractivity contribution in [3.8, 4) is 11.5 Å².